The van der Waals surface area contributed by atoms with Crippen molar-refractivity contribution in [3.05, 3.63) is 39.4 Å². The number of halogens is 3. The van der Waals surface area contributed by atoms with Gasteiger partial charge in [0, 0.05) is 0 Å². The van der Waals surface area contributed by atoms with Crippen LogP contribution in [-0.4, -0.2) is 17.0 Å². The van der Waals surface area contributed by atoms with Crippen molar-refractivity contribution in [3.8, 4) is 5.75 Å². The number of ether oxygens (including phenoxy) is 1. The van der Waals surface area contributed by atoms with Crippen molar-refractivity contribution in [1.82, 2.24) is 0 Å². The van der Waals surface area contributed by atoms with Crippen LogP contribution in [0, 0.1) is 0 Å². The molecule has 1 aromatic rings. The summed E-state index contributed by atoms with van der Waals surface area (Å²) >= 11 is 16.0. The second-order valence-corrected chi connectivity index (χ2v) is 4.09. The lowest BCUT2D eigenvalue weighted by Gasteiger charge is -2.06. The molecule has 0 unspecified atom stereocenters. The van der Waals surface area contributed by atoms with Gasteiger partial charge in [0.15, 0.2) is 5.03 Å². The summed E-state index contributed by atoms with van der Waals surface area (Å²) in [6.45, 7) is 0. The third kappa shape index (κ3) is 3.63. The molecule has 0 amide bonds. The Labute approximate surface area is 111 Å². The van der Waals surface area contributed by atoms with E-state index in [4.69, 9.17) is 44.6 Å². The van der Waals surface area contributed by atoms with Gasteiger partial charge < -0.3 is 9.84 Å². The molecule has 0 bridgehead atoms. The number of esters is 1. The summed E-state index contributed by atoms with van der Waals surface area (Å²) in [4.78, 5) is 22.2. The molecule has 90 valence electrons. The molecule has 1 rings (SSSR count). The van der Waals surface area contributed by atoms with Crippen LogP contribution in [0.25, 0.3) is 0 Å². The molecule has 0 atom stereocenters. The van der Waals surface area contributed by atoms with E-state index in [0.29, 0.717) is 0 Å². The maximum atomic E-state index is 11.4. The molecule has 1 N–H and O–H groups in total. The number of aromatic carboxylic acids is 1. The van der Waals surface area contributed by atoms with E-state index in [9.17, 15) is 9.59 Å². The van der Waals surface area contributed by atoms with Crippen molar-refractivity contribution >= 4 is 46.7 Å². The molecule has 0 radical (unpaired) electrons. The third-order valence-corrected chi connectivity index (χ3v) is 2.58. The van der Waals surface area contributed by atoms with Gasteiger partial charge >= 0.3 is 11.9 Å². The summed E-state index contributed by atoms with van der Waals surface area (Å²) in [6, 6.07) is 5.60. The molecule has 17 heavy (non-hydrogen) atoms. The molecule has 0 fully saturated rings. The van der Waals surface area contributed by atoms with Crippen molar-refractivity contribution in [1.29, 1.82) is 0 Å². The van der Waals surface area contributed by atoms with Crippen LogP contribution in [0.4, 0.5) is 0 Å². The Bertz CT molecular complexity index is 492. The molecule has 0 aliphatic rings. The van der Waals surface area contributed by atoms with Gasteiger partial charge in [-0.25, -0.2) is 9.59 Å². The van der Waals surface area contributed by atoms with Crippen molar-refractivity contribution in [2.75, 3.05) is 0 Å². The Morgan fingerprint density at radius 3 is 2.24 bits per heavy atom. The highest BCUT2D eigenvalue weighted by atomic mass is 35.5. The molecule has 0 spiro atoms. The number of carboxylic acids is 1. The lowest BCUT2D eigenvalue weighted by atomic mass is 10.2. The maximum Gasteiger partial charge on any atom is 0.357 e. The van der Waals surface area contributed by atoms with E-state index in [1.807, 2.05) is 0 Å². The first-order chi connectivity index (χ1) is 7.93. The number of carbonyl (C=O) groups excluding carboxylic acids is 1. The number of benzene rings is 1. The zero-order chi connectivity index (χ0) is 13.0. The standard InChI is InChI=1S/C10H5Cl3O4/c11-7(8(12)13)10(16)17-6-4-2-1-3-5(6)9(14)15/h1-4H,(H,14,15). The molecule has 7 heteroatoms. The van der Waals surface area contributed by atoms with Crippen LogP contribution in [0.5, 0.6) is 5.75 Å². The van der Waals surface area contributed by atoms with Gasteiger partial charge in [-0.05, 0) is 12.1 Å². The number of hydrogen-bond acceptors (Lipinski definition) is 3. The van der Waals surface area contributed by atoms with Crippen molar-refractivity contribution in [2.24, 2.45) is 0 Å². The minimum Gasteiger partial charge on any atom is -0.478 e. The molecule has 0 aromatic heterocycles. The van der Waals surface area contributed by atoms with Crippen LogP contribution >= 0.6 is 34.8 Å². The molecule has 0 heterocycles. The summed E-state index contributed by atoms with van der Waals surface area (Å²) < 4.78 is 4.30. The highest BCUT2D eigenvalue weighted by Gasteiger charge is 2.17. The number of carbonyl (C=O) groups is 2. The predicted octanol–water partition coefficient (Wildman–Crippen LogP) is 3.18. The summed E-state index contributed by atoms with van der Waals surface area (Å²) in [5, 5.41) is 8.32. The van der Waals surface area contributed by atoms with E-state index >= 15 is 0 Å². The van der Waals surface area contributed by atoms with Gasteiger partial charge in [-0.3, -0.25) is 0 Å². The largest absolute Gasteiger partial charge is 0.478 e. The molecule has 4 nitrogen and oxygen atoms in total. The Balaban J connectivity index is 3.01. The van der Waals surface area contributed by atoms with E-state index in [0.717, 1.165) is 0 Å². The Kier molecular flexibility index (Phi) is 4.81. The smallest absolute Gasteiger partial charge is 0.357 e. The van der Waals surface area contributed by atoms with Gasteiger partial charge in [0.25, 0.3) is 0 Å². The minimum absolute atomic E-state index is 0.141. The van der Waals surface area contributed by atoms with Crippen molar-refractivity contribution in [2.45, 2.75) is 0 Å². The number of para-hydroxylation sites is 1. The first-order valence-electron chi connectivity index (χ1n) is 4.18. The van der Waals surface area contributed by atoms with Gasteiger partial charge in [-0.2, -0.15) is 0 Å². The quantitative estimate of drug-likeness (QED) is 0.528. The summed E-state index contributed by atoms with van der Waals surface area (Å²) in [5.74, 6) is -2.40. The van der Waals surface area contributed by atoms with Crippen molar-refractivity contribution < 1.29 is 19.4 Å². The SMILES string of the molecule is O=C(Oc1ccccc1C(=O)O)C(Cl)=C(Cl)Cl. The monoisotopic (exact) mass is 294 g/mol. The second-order valence-electron chi connectivity index (χ2n) is 2.77. The molecular weight excluding hydrogens is 290 g/mol. The molecular formula is C10H5Cl3O4. The Hall–Kier alpha value is -1.23. The highest BCUT2D eigenvalue weighted by Crippen LogP contribution is 2.23. The maximum absolute atomic E-state index is 11.4. The van der Waals surface area contributed by atoms with Crippen LogP contribution in [0.1, 0.15) is 10.4 Å². The molecule has 0 aliphatic heterocycles. The van der Waals surface area contributed by atoms with Crippen LogP contribution < -0.4 is 4.74 Å². The van der Waals surface area contributed by atoms with Gasteiger partial charge in [0.1, 0.15) is 15.8 Å². The molecule has 1 aromatic carbocycles. The fourth-order valence-electron chi connectivity index (χ4n) is 0.954. The van der Waals surface area contributed by atoms with Gasteiger partial charge in [-0.15, -0.1) is 0 Å². The topological polar surface area (TPSA) is 63.6 Å². The van der Waals surface area contributed by atoms with Gasteiger partial charge in [0.05, 0.1) is 0 Å². The average molecular weight is 296 g/mol. The fraction of sp³-hybridized carbons (Fsp3) is 0. The van der Waals surface area contributed by atoms with E-state index in [1.165, 1.54) is 24.3 Å². The fourth-order valence-corrected chi connectivity index (χ4v) is 1.15. The minimum atomic E-state index is -1.23. The van der Waals surface area contributed by atoms with Gasteiger partial charge in [-0.1, -0.05) is 46.9 Å². The van der Waals surface area contributed by atoms with E-state index in [1.54, 1.807) is 0 Å². The zero-order valence-electron chi connectivity index (χ0n) is 8.12. The number of rotatable bonds is 3. The number of carboxylic acid groups (broad SMARTS) is 1. The highest BCUT2D eigenvalue weighted by molar-refractivity contribution is 6.62. The number of hydrogen-bond donors (Lipinski definition) is 1. The van der Waals surface area contributed by atoms with Crippen LogP contribution in [0.2, 0.25) is 0 Å². The molecule has 0 saturated carbocycles. The van der Waals surface area contributed by atoms with E-state index in [-0.39, 0.29) is 11.3 Å². The van der Waals surface area contributed by atoms with E-state index < -0.39 is 21.5 Å². The summed E-state index contributed by atoms with van der Waals surface area (Å²) in [5.41, 5.74) is -0.170. The second kappa shape index (κ2) is 5.91. The first kappa shape index (κ1) is 13.8. The third-order valence-electron chi connectivity index (χ3n) is 1.67. The van der Waals surface area contributed by atoms with Crippen molar-refractivity contribution in [3.63, 3.8) is 0 Å². The van der Waals surface area contributed by atoms with Gasteiger partial charge in [0.2, 0.25) is 0 Å². The van der Waals surface area contributed by atoms with Crippen LogP contribution in [0.3, 0.4) is 0 Å². The molecule has 0 aliphatic carbocycles. The van der Waals surface area contributed by atoms with Crippen LogP contribution in [0.15, 0.2) is 33.8 Å². The predicted molar refractivity (Wildman–Crippen MR) is 63.6 cm³/mol. The average Bonchev–Trinajstić information content (AvgIpc) is 2.28. The summed E-state index contributed by atoms with van der Waals surface area (Å²) in [6.07, 6.45) is 0. The van der Waals surface area contributed by atoms with E-state index in [2.05, 4.69) is 0 Å². The summed E-state index contributed by atoms with van der Waals surface area (Å²) in [7, 11) is 0. The molecule has 0 saturated heterocycles. The Morgan fingerprint density at radius 1 is 1.12 bits per heavy atom. The van der Waals surface area contributed by atoms with Crippen LogP contribution in [-0.2, 0) is 4.79 Å². The lowest BCUT2D eigenvalue weighted by Crippen LogP contribution is -2.11. The Morgan fingerprint density at radius 2 is 1.71 bits per heavy atom. The normalized spacial score (nSPS) is 9.59. The lowest BCUT2D eigenvalue weighted by molar-refractivity contribution is -0.129. The first-order valence-corrected chi connectivity index (χ1v) is 5.32. The zero-order valence-corrected chi connectivity index (χ0v) is 10.4.